The molecule has 0 radical (unpaired) electrons. The number of ether oxygens (including phenoxy) is 3. The molecule has 1 aromatic rings. The van der Waals surface area contributed by atoms with Crippen LogP contribution in [0.3, 0.4) is 0 Å². The molecule has 1 saturated carbocycles. The molecule has 6 nitrogen and oxygen atoms in total. The second-order valence-corrected chi connectivity index (χ2v) is 7.89. The third kappa shape index (κ3) is 6.73. The van der Waals surface area contributed by atoms with E-state index in [2.05, 4.69) is 26.1 Å². The number of rotatable bonds is 9. The number of hydrogen-bond acceptors (Lipinski definition) is 6. The first-order valence-corrected chi connectivity index (χ1v) is 10.1. The Bertz CT molecular complexity index is 646. The number of para-hydroxylation sites is 2. The second kappa shape index (κ2) is 10.9. The standard InChI is InChI=1S/C22H33NO5/c1-15(2)17-10-9-16(3)13-20(17)28-22(25)14-27-21(24)11-12-23-18-7-5-6-8-19(18)26-4/h5-8,15-17,20,23H,9-14H2,1-4H3/t16-,17-,20-/m1/s1. The maximum absolute atomic E-state index is 12.1. The van der Waals surface area contributed by atoms with Crippen molar-refractivity contribution in [3.63, 3.8) is 0 Å². The number of benzene rings is 1. The normalized spacial score (nSPS) is 21.8. The summed E-state index contributed by atoms with van der Waals surface area (Å²) in [5, 5.41) is 3.13. The Hall–Kier alpha value is -2.24. The van der Waals surface area contributed by atoms with Gasteiger partial charge in [-0.2, -0.15) is 0 Å². The van der Waals surface area contributed by atoms with Crippen LogP contribution in [-0.2, 0) is 19.1 Å². The highest BCUT2D eigenvalue weighted by Gasteiger charge is 2.33. The fraction of sp³-hybridized carbons (Fsp3) is 0.636. The minimum Gasteiger partial charge on any atom is -0.495 e. The molecule has 0 aliphatic heterocycles. The van der Waals surface area contributed by atoms with Gasteiger partial charge in [0, 0.05) is 6.54 Å². The van der Waals surface area contributed by atoms with Crippen molar-refractivity contribution in [3.8, 4) is 5.75 Å². The van der Waals surface area contributed by atoms with Gasteiger partial charge in [-0.25, -0.2) is 4.79 Å². The van der Waals surface area contributed by atoms with Crippen molar-refractivity contribution >= 4 is 17.6 Å². The number of carbonyl (C=O) groups excluding carboxylic acids is 2. The van der Waals surface area contributed by atoms with E-state index in [9.17, 15) is 9.59 Å². The van der Waals surface area contributed by atoms with E-state index in [1.165, 1.54) is 6.42 Å². The molecule has 0 saturated heterocycles. The van der Waals surface area contributed by atoms with E-state index in [0.29, 0.717) is 30.0 Å². The first-order valence-electron chi connectivity index (χ1n) is 10.1. The number of methoxy groups -OCH3 is 1. The summed E-state index contributed by atoms with van der Waals surface area (Å²) in [7, 11) is 1.59. The summed E-state index contributed by atoms with van der Waals surface area (Å²) < 4.78 is 16.0. The summed E-state index contributed by atoms with van der Waals surface area (Å²) in [6.45, 7) is 6.58. The molecule has 1 fully saturated rings. The molecule has 1 aromatic carbocycles. The molecule has 28 heavy (non-hydrogen) atoms. The van der Waals surface area contributed by atoms with Crippen LogP contribution < -0.4 is 10.1 Å². The van der Waals surface area contributed by atoms with Gasteiger partial charge in [-0.3, -0.25) is 4.79 Å². The molecule has 0 unspecified atom stereocenters. The van der Waals surface area contributed by atoms with Crippen molar-refractivity contribution in [2.45, 2.75) is 52.6 Å². The molecular weight excluding hydrogens is 358 g/mol. The lowest BCUT2D eigenvalue weighted by Crippen LogP contribution is -2.36. The summed E-state index contributed by atoms with van der Waals surface area (Å²) in [6.07, 6.45) is 3.20. The van der Waals surface area contributed by atoms with Crippen molar-refractivity contribution in [2.24, 2.45) is 17.8 Å². The van der Waals surface area contributed by atoms with Crippen LogP contribution in [0.25, 0.3) is 0 Å². The van der Waals surface area contributed by atoms with Gasteiger partial charge in [0.05, 0.1) is 19.2 Å². The van der Waals surface area contributed by atoms with Crippen LogP contribution in [0.5, 0.6) is 5.75 Å². The van der Waals surface area contributed by atoms with Crippen molar-refractivity contribution in [2.75, 3.05) is 25.6 Å². The summed E-state index contributed by atoms with van der Waals surface area (Å²) in [5.74, 6) is 1.21. The van der Waals surface area contributed by atoms with Gasteiger partial charge < -0.3 is 19.5 Å². The fourth-order valence-corrected chi connectivity index (χ4v) is 3.75. The average molecular weight is 392 g/mol. The van der Waals surface area contributed by atoms with Crippen molar-refractivity contribution < 1.29 is 23.8 Å². The third-order valence-electron chi connectivity index (χ3n) is 5.35. The highest BCUT2D eigenvalue weighted by atomic mass is 16.6. The topological polar surface area (TPSA) is 73.9 Å². The average Bonchev–Trinajstić information content (AvgIpc) is 2.66. The fourth-order valence-electron chi connectivity index (χ4n) is 3.75. The molecule has 0 aromatic heterocycles. The van der Waals surface area contributed by atoms with Gasteiger partial charge in [-0.05, 0) is 42.7 Å². The van der Waals surface area contributed by atoms with E-state index in [0.717, 1.165) is 18.5 Å². The minimum absolute atomic E-state index is 0.0813. The van der Waals surface area contributed by atoms with Crippen LogP contribution in [0.2, 0.25) is 0 Å². The Kier molecular flexibility index (Phi) is 8.61. The van der Waals surface area contributed by atoms with Gasteiger partial charge in [-0.1, -0.05) is 39.3 Å². The van der Waals surface area contributed by atoms with Gasteiger partial charge in [0.1, 0.15) is 11.9 Å². The third-order valence-corrected chi connectivity index (χ3v) is 5.35. The number of nitrogens with one attached hydrogen (secondary N) is 1. The Balaban J connectivity index is 1.70. The predicted octanol–water partition coefficient (Wildman–Crippen LogP) is 4.04. The summed E-state index contributed by atoms with van der Waals surface area (Å²) in [6, 6.07) is 7.47. The molecule has 6 heteroatoms. The molecule has 0 heterocycles. The molecule has 0 amide bonds. The molecule has 0 bridgehead atoms. The largest absolute Gasteiger partial charge is 0.495 e. The molecule has 156 valence electrons. The van der Waals surface area contributed by atoms with Crippen LogP contribution in [-0.4, -0.2) is 38.3 Å². The van der Waals surface area contributed by atoms with Crippen LogP contribution in [0, 0.1) is 17.8 Å². The SMILES string of the molecule is COc1ccccc1NCCC(=O)OCC(=O)O[C@@H]1C[C@H](C)CC[C@@H]1C(C)C. The van der Waals surface area contributed by atoms with Crippen LogP contribution in [0.15, 0.2) is 24.3 Å². The number of anilines is 1. The first-order chi connectivity index (χ1) is 13.4. The van der Waals surface area contributed by atoms with Crippen LogP contribution in [0.1, 0.15) is 46.5 Å². The summed E-state index contributed by atoms with van der Waals surface area (Å²) in [4.78, 5) is 24.0. The first kappa shape index (κ1) is 22.1. The molecule has 1 aliphatic rings. The lowest BCUT2D eigenvalue weighted by Gasteiger charge is -2.36. The molecule has 1 N–H and O–H groups in total. The van der Waals surface area contributed by atoms with Gasteiger partial charge in [0.25, 0.3) is 0 Å². The van der Waals surface area contributed by atoms with E-state index >= 15 is 0 Å². The zero-order valence-electron chi connectivity index (χ0n) is 17.4. The van der Waals surface area contributed by atoms with Gasteiger partial charge in [0.2, 0.25) is 0 Å². The summed E-state index contributed by atoms with van der Waals surface area (Å²) in [5.41, 5.74) is 0.809. The highest BCUT2D eigenvalue weighted by molar-refractivity contribution is 5.76. The monoisotopic (exact) mass is 391 g/mol. The quantitative estimate of drug-likeness (QED) is 0.640. The second-order valence-electron chi connectivity index (χ2n) is 7.89. The van der Waals surface area contributed by atoms with Crippen molar-refractivity contribution in [1.82, 2.24) is 0 Å². The van der Waals surface area contributed by atoms with Crippen molar-refractivity contribution in [3.05, 3.63) is 24.3 Å². The molecular formula is C22H33NO5. The lowest BCUT2D eigenvalue weighted by atomic mass is 9.75. The molecule has 0 spiro atoms. The zero-order valence-corrected chi connectivity index (χ0v) is 17.4. The zero-order chi connectivity index (χ0) is 20.5. The lowest BCUT2D eigenvalue weighted by molar-refractivity contribution is -0.167. The molecule has 3 atom stereocenters. The maximum atomic E-state index is 12.1. The summed E-state index contributed by atoms with van der Waals surface area (Å²) >= 11 is 0. The number of hydrogen-bond donors (Lipinski definition) is 1. The predicted molar refractivity (Wildman–Crippen MR) is 108 cm³/mol. The van der Waals surface area contributed by atoms with Gasteiger partial charge in [0.15, 0.2) is 6.61 Å². The van der Waals surface area contributed by atoms with Crippen LogP contribution >= 0.6 is 0 Å². The van der Waals surface area contributed by atoms with E-state index in [-0.39, 0.29) is 19.1 Å². The number of esters is 2. The van der Waals surface area contributed by atoms with E-state index in [1.54, 1.807) is 7.11 Å². The van der Waals surface area contributed by atoms with Crippen molar-refractivity contribution in [1.29, 1.82) is 0 Å². The Morgan fingerprint density at radius 3 is 2.64 bits per heavy atom. The minimum atomic E-state index is -0.462. The maximum Gasteiger partial charge on any atom is 0.344 e. The Morgan fingerprint density at radius 2 is 1.93 bits per heavy atom. The van der Waals surface area contributed by atoms with Gasteiger partial charge >= 0.3 is 11.9 Å². The van der Waals surface area contributed by atoms with E-state index < -0.39 is 11.9 Å². The van der Waals surface area contributed by atoms with E-state index in [4.69, 9.17) is 14.2 Å². The molecule has 1 aliphatic carbocycles. The smallest absolute Gasteiger partial charge is 0.344 e. The highest BCUT2D eigenvalue weighted by Crippen LogP contribution is 2.35. The Labute approximate surface area is 167 Å². The Morgan fingerprint density at radius 1 is 1.18 bits per heavy atom. The van der Waals surface area contributed by atoms with Crippen LogP contribution in [0.4, 0.5) is 5.69 Å². The number of carbonyl (C=O) groups is 2. The molecule has 2 rings (SSSR count). The van der Waals surface area contributed by atoms with E-state index in [1.807, 2.05) is 24.3 Å². The van der Waals surface area contributed by atoms with Gasteiger partial charge in [-0.15, -0.1) is 0 Å².